The first kappa shape index (κ1) is 16.8. The summed E-state index contributed by atoms with van der Waals surface area (Å²) in [4.78, 5) is 22.5. The summed E-state index contributed by atoms with van der Waals surface area (Å²) in [6.07, 6.45) is -2.61. The van der Waals surface area contributed by atoms with Gasteiger partial charge in [0.1, 0.15) is 0 Å². The SMILES string of the molecule is O=C(O)C1CCC(C(=O)NCCCCC(F)(F)F)CC1. The Bertz CT molecular complexity index is 336. The van der Waals surface area contributed by atoms with Crippen LogP contribution in [0, 0.1) is 11.8 Å². The van der Waals surface area contributed by atoms with Crippen LogP contribution in [0.4, 0.5) is 13.2 Å². The number of aliphatic carboxylic acids is 1. The van der Waals surface area contributed by atoms with Crippen molar-refractivity contribution in [2.75, 3.05) is 6.54 Å². The molecule has 1 rings (SSSR count). The standard InChI is InChI=1S/C13H20F3NO3/c14-13(15,16)7-1-2-8-17-11(18)9-3-5-10(6-4-9)12(19)20/h9-10H,1-8H2,(H,17,18)(H,19,20). The molecule has 0 heterocycles. The van der Waals surface area contributed by atoms with Crippen LogP contribution >= 0.6 is 0 Å². The average molecular weight is 295 g/mol. The molecule has 1 fully saturated rings. The molecule has 1 aliphatic rings. The van der Waals surface area contributed by atoms with Gasteiger partial charge in [0.05, 0.1) is 5.92 Å². The number of hydrogen-bond donors (Lipinski definition) is 2. The molecule has 0 atom stereocenters. The Hall–Kier alpha value is -1.27. The van der Waals surface area contributed by atoms with E-state index >= 15 is 0 Å². The van der Waals surface area contributed by atoms with Gasteiger partial charge in [-0.25, -0.2) is 0 Å². The number of halogens is 3. The van der Waals surface area contributed by atoms with Crippen molar-refractivity contribution < 1.29 is 27.9 Å². The van der Waals surface area contributed by atoms with Gasteiger partial charge in [-0.05, 0) is 38.5 Å². The van der Waals surface area contributed by atoms with Crippen LogP contribution < -0.4 is 5.32 Å². The van der Waals surface area contributed by atoms with Gasteiger partial charge in [0.25, 0.3) is 0 Å². The molecule has 7 heteroatoms. The zero-order chi connectivity index (χ0) is 15.2. The van der Waals surface area contributed by atoms with E-state index in [1.54, 1.807) is 0 Å². The van der Waals surface area contributed by atoms with Gasteiger partial charge in [-0.1, -0.05) is 0 Å². The highest BCUT2D eigenvalue weighted by molar-refractivity contribution is 5.79. The van der Waals surface area contributed by atoms with Crippen LogP contribution in [-0.2, 0) is 9.59 Å². The molecule has 116 valence electrons. The minimum Gasteiger partial charge on any atom is -0.481 e. The van der Waals surface area contributed by atoms with Crippen LogP contribution in [0.2, 0.25) is 0 Å². The van der Waals surface area contributed by atoms with Crippen molar-refractivity contribution in [1.82, 2.24) is 5.32 Å². The fraction of sp³-hybridized carbons (Fsp3) is 0.846. The molecule has 0 aliphatic heterocycles. The first-order valence-electron chi connectivity index (χ1n) is 6.87. The monoisotopic (exact) mass is 295 g/mol. The van der Waals surface area contributed by atoms with Crippen molar-refractivity contribution in [2.45, 2.75) is 51.1 Å². The number of alkyl halides is 3. The van der Waals surface area contributed by atoms with E-state index in [0.717, 1.165) is 0 Å². The first-order chi connectivity index (χ1) is 9.29. The molecular weight excluding hydrogens is 275 g/mol. The van der Waals surface area contributed by atoms with Gasteiger partial charge >= 0.3 is 12.1 Å². The van der Waals surface area contributed by atoms with E-state index in [1.807, 2.05) is 0 Å². The predicted molar refractivity (Wildman–Crippen MR) is 66.0 cm³/mol. The molecule has 2 N–H and O–H groups in total. The Morgan fingerprint density at radius 2 is 1.60 bits per heavy atom. The van der Waals surface area contributed by atoms with Crippen LogP contribution in [-0.4, -0.2) is 29.7 Å². The van der Waals surface area contributed by atoms with Crippen LogP contribution in [0.25, 0.3) is 0 Å². The molecule has 1 aliphatic carbocycles. The molecule has 0 unspecified atom stereocenters. The molecule has 0 spiro atoms. The number of carbonyl (C=O) groups is 2. The van der Waals surface area contributed by atoms with Gasteiger partial charge in [0.15, 0.2) is 0 Å². The molecule has 0 saturated heterocycles. The summed E-state index contributed by atoms with van der Waals surface area (Å²) in [5, 5.41) is 11.5. The minimum absolute atomic E-state index is 0.00946. The van der Waals surface area contributed by atoms with Gasteiger partial charge in [0, 0.05) is 18.9 Å². The number of carboxylic acid groups (broad SMARTS) is 1. The lowest BCUT2D eigenvalue weighted by Gasteiger charge is -2.25. The van der Waals surface area contributed by atoms with E-state index in [9.17, 15) is 22.8 Å². The van der Waals surface area contributed by atoms with Crippen molar-refractivity contribution in [2.24, 2.45) is 11.8 Å². The van der Waals surface area contributed by atoms with Crippen LogP contribution in [0.15, 0.2) is 0 Å². The van der Waals surface area contributed by atoms with E-state index in [4.69, 9.17) is 5.11 Å². The summed E-state index contributed by atoms with van der Waals surface area (Å²) >= 11 is 0. The lowest BCUT2D eigenvalue weighted by Crippen LogP contribution is -2.34. The molecule has 0 bridgehead atoms. The Labute approximate surface area is 115 Å². The number of nitrogens with one attached hydrogen (secondary N) is 1. The minimum atomic E-state index is -4.14. The molecule has 0 aromatic heterocycles. The lowest BCUT2D eigenvalue weighted by atomic mass is 9.81. The number of carbonyl (C=O) groups excluding carboxylic acids is 1. The number of hydrogen-bond acceptors (Lipinski definition) is 2. The largest absolute Gasteiger partial charge is 0.481 e. The van der Waals surface area contributed by atoms with Gasteiger partial charge < -0.3 is 10.4 Å². The van der Waals surface area contributed by atoms with Crippen molar-refractivity contribution in [3.05, 3.63) is 0 Å². The zero-order valence-corrected chi connectivity index (χ0v) is 11.2. The number of amides is 1. The summed E-state index contributed by atoms with van der Waals surface area (Å²) in [7, 11) is 0. The number of rotatable bonds is 6. The Morgan fingerprint density at radius 3 is 2.10 bits per heavy atom. The number of carboxylic acids is 1. The third kappa shape index (κ3) is 6.25. The molecule has 4 nitrogen and oxygen atoms in total. The fourth-order valence-corrected chi connectivity index (χ4v) is 2.41. The normalized spacial score (nSPS) is 23.4. The summed E-state index contributed by atoms with van der Waals surface area (Å²) in [5.74, 6) is -1.56. The summed E-state index contributed by atoms with van der Waals surface area (Å²) in [6.45, 7) is 0.244. The highest BCUT2D eigenvalue weighted by atomic mass is 19.4. The maximum Gasteiger partial charge on any atom is 0.389 e. The van der Waals surface area contributed by atoms with Gasteiger partial charge in [-0.2, -0.15) is 13.2 Å². The molecule has 0 aromatic carbocycles. The van der Waals surface area contributed by atoms with Gasteiger partial charge in [0.2, 0.25) is 5.91 Å². The highest BCUT2D eigenvalue weighted by Crippen LogP contribution is 2.29. The summed E-state index contributed by atoms with van der Waals surface area (Å²) in [5.41, 5.74) is 0. The molecule has 0 aromatic rings. The number of unbranched alkanes of at least 4 members (excludes halogenated alkanes) is 1. The van der Waals surface area contributed by atoms with Gasteiger partial charge in [-0.3, -0.25) is 9.59 Å². The topological polar surface area (TPSA) is 66.4 Å². The van der Waals surface area contributed by atoms with E-state index < -0.39 is 18.6 Å². The second-order valence-corrected chi connectivity index (χ2v) is 5.25. The molecule has 20 heavy (non-hydrogen) atoms. The van der Waals surface area contributed by atoms with E-state index in [0.29, 0.717) is 32.1 Å². The van der Waals surface area contributed by atoms with Crippen molar-refractivity contribution in [3.63, 3.8) is 0 Å². The van der Waals surface area contributed by atoms with Crippen LogP contribution in [0.1, 0.15) is 44.9 Å². The Balaban J connectivity index is 2.13. The van der Waals surface area contributed by atoms with Crippen LogP contribution in [0.3, 0.4) is 0 Å². The summed E-state index contributed by atoms with van der Waals surface area (Å²) in [6, 6.07) is 0. The summed E-state index contributed by atoms with van der Waals surface area (Å²) < 4.78 is 35.7. The highest BCUT2D eigenvalue weighted by Gasteiger charge is 2.29. The van der Waals surface area contributed by atoms with E-state index in [1.165, 1.54) is 0 Å². The van der Waals surface area contributed by atoms with E-state index in [-0.39, 0.29) is 30.7 Å². The maximum absolute atomic E-state index is 11.9. The Morgan fingerprint density at radius 1 is 1.05 bits per heavy atom. The molecule has 1 saturated carbocycles. The lowest BCUT2D eigenvalue weighted by molar-refractivity contribution is -0.144. The van der Waals surface area contributed by atoms with Crippen molar-refractivity contribution in [1.29, 1.82) is 0 Å². The Kier molecular flexibility index (Phi) is 6.29. The molecular formula is C13H20F3NO3. The second-order valence-electron chi connectivity index (χ2n) is 5.25. The second kappa shape index (κ2) is 7.50. The van der Waals surface area contributed by atoms with Crippen molar-refractivity contribution in [3.8, 4) is 0 Å². The predicted octanol–water partition coefficient (Wildman–Crippen LogP) is 2.73. The third-order valence-electron chi connectivity index (χ3n) is 3.63. The molecule has 1 amide bonds. The third-order valence-corrected chi connectivity index (χ3v) is 3.63. The zero-order valence-electron chi connectivity index (χ0n) is 11.2. The first-order valence-corrected chi connectivity index (χ1v) is 6.87. The van der Waals surface area contributed by atoms with E-state index in [2.05, 4.69) is 5.32 Å². The quantitative estimate of drug-likeness (QED) is 0.740. The van der Waals surface area contributed by atoms with Crippen LogP contribution in [0.5, 0.6) is 0 Å². The van der Waals surface area contributed by atoms with Crippen molar-refractivity contribution >= 4 is 11.9 Å². The maximum atomic E-state index is 11.9. The smallest absolute Gasteiger partial charge is 0.389 e. The average Bonchev–Trinajstić information content (AvgIpc) is 2.37. The molecule has 0 radical (unpaired) electrons. The van der Waals surface area contributed by atoms with Gasteiger partial charge in [-0.15, -0.1) is 0 Å². The fourth-order valence-electron chi connectivity index (χ4n) is 2.41.